The zero-order valence-corrected chi connectivity index (χ0v) is 6.36. The topological polar surface area (TPSA) is 53.4 Å². The first-order valence-corrected chi connectivity index (χ1v) is 3.56. The highest BCUT2D eigenvalue weighted by Gasteiger charge is 2.11. The first kappa shape index (κ1) is 8.23. The van der Waals surface area contributed by atoms with Crippen LogP contribution < -0.4 is 5.59 Å². The minimum Gasteiger partial charge on any atom is -0.422 e. The SMILES string of the molecule is CCc1cccc(B(O)O)n1. The van der Waals surface area contributed by atoms with Crippen molar-refractivity contribution in [1.29, 1.82) is 0 Å². The lowest BCUT2D eigenvalue weighted by Gasteiger charge is -1.99. The van der Waals surface area contributed by atoms with E-state index in [1.165, 1.54) is 0 Å². The molecule has 0 unspecified atom stereocenters. The molecule has 4 heteroatoms. The summed E-state index contributed by atoms with van der Waals surface area (Å²) in [5.41, 5.74) is 1.18. The number of nitrogens with zero attached hydrogens (tertiary/aromatic N) is 1. The van der Waals surface area contributed by atoms with Gasteiger partial charge in [0.2, 0.25) is 0 Å². The van der Waals surface area contributed by atoms with Gasteiger partial charge in [0.25, 0.3) is 0 Å². The molecule has 0 bridgehead atoms. The van der Waals surface area contributed by atoms with Crippen LogP contribution in [0.25, 0.3) is 0 Å². The predicted molar refractivity (Wildman–Crippen MR) is 43.4 cm³/mol. The number of aryl methyl sites for hydroxylation is 1. The summed E-state index contributed by atoms with van der Waals surface area (Å²) in [6.07, 6.45) is 0.806. The van der Waals surface area contributed by atoms with E-state index in [2.05, 4.69) is 4.98 Å². The third-order valence-electron chi connectivity index (χ3n) is 1.46. The summed E-state index contributed by atoms with van der Waals surface area (Å²) in [5.74, 6) is 0. The van der Waals surface area contributed by atoms with Crippen LogP contribution in [0.3, 0.4) is 0 Å². The second-order valence-electron chi connectivity index (χ2n) is 2.28. The van der Waals surface area contributed by atoms with Crippen LogP contribution >= 0.6 is 0 Å². The van der Waals surface area contributed by atoms with Gasteiger partial charge in [0.05, 0.1) is 5.59 Å². The molecule has 0 aromatic carbocycles. The van der Waals surface area contributed by atoms with Crippen LogP contribution in [-0.2, 0) is 6.42 Å². The maximum absolute atomic E-state index is 8.74. The molecular formula is C7H10BNO2. The Balaban J connectivity index is 2.91. The molecule has 0 amide bonds. The standard InChI is InChI=1S/C7H10BNO2/c1-2-6-4-3-5-7(9-6)8(10)11/h3-5,10-11H,2H2,1H3. The van der Waals surface area contributed by atoms with Crippen molar-refractivity contribution in [2.45, 2.75) is 13.3 Å². The van der Waals surface area contributed by atoms with Gasteiger partial charge in [0.15, 0.2) is 0 Å². The van der Waals surface area contributed by atoms with Crippen LogP contribution in [0.1, 0.15) is 12.6 Å². The first-order valence-electron chi connectivity index (χ1n) is 3.56. The number of rotatable bonds is 2. The molecule has 1 aromatic rings. The highest BCUT2D eigenvalue weighted by atomic mass is 16.4. The van der Waals surface area contributed by atoms with Crippen molar-refractivity contribution in [3.63, 3.8) is 0 Å². The van der Waals surface area contributed by atoms with Gasteiger partial charge in [0.1, 0.15) is 0 Å². The summed E-state index contributed by atoms with van der Waals surface area (Å²) in [4.78, 5) is 3.99. The molecule has 58 valence electrons. The van der Waals surface area contributed by atoms with E-state index < -0.39 is 7.12 Å². The monoisotopic (exact) mass is 151 g/mol. The van der Waals surface area contributed by atoms with Gasteiger partial charge in [-0.1, -0.05) is 13.0 Å². The summed E-state index contributed by atoms with van der Waals surface area (Å²) >= 11 is 0. The molecule has 0 aliphatic carbocycles. The minimum atomic E-state index is -1.46. The molecule has 0 saturated carbocycles. The molecule has 0 fully saturated rings. The Kier molecular flexibility index (Phi) is 2.62. The van der Waals surface area contributed by atoms with Crippen LogP contribution in [0, 0.1) is 0 Å². The van der Waals surface area contributed by atoms with Crippen molar-refractivity contribution in [1.82, 2.24) is 4.98 Å². The van der Waals surface area contributed by atoms with Gasteiger partial charge >= 0.3 is 7.12 Å². The van der Waals surface area contributed by atoms with Crippen molar-refractivity contribution in [2.24, 2.45) is 0 Å². The molecule has 11 heavy (non-hydrogen) atoms. The highest BCUT2D eigenvalue weighted by molar-refractivity contribution is 6.57. The first-order chi connectivity index (χ1) is 5.24. The van der Waals surface area contributed by atoms with Gasteiger partial charge in [-0.3, -0.25) is 4.98 Å². The second-order valence-corrected chi connectivity index (χ2v) is 2.28. The maximum Gasteiger partial charge on any atom is 0.508 e. The van der Waals surface area contributed by atoms with E-state index >= 15 is 0 Å². The number of aromatic nitrogens is 1. The number of hydrogen-bond acceptors (Lipinski definition) is 3. The van der Waals surface area contributed by atoms with Gasteiger partial charge in [0, 0.05) is 5.69 Å². The van der Waals surface area contributed by atoms with Crippen molar-refractivity contribution >= 4 is 12.7 Å². The third-order valence-corrected chi connectivity index (χ3v) is 1.46. The largest absolute Gasteiger partial charge is 0.508 e. The van der Waals surface area contributed by atoms with Gasteiger partial charge in [-0.25, -0.2) is 0 Å². The van der Waals surface area contributed by atoms with Crippen molar-refractivity contribution in [2.75, 3.05) is 0 Å². The van der Waals surface area contributed by atoms with E-state index in [1.54, 1.807) is 12.1 Å². The van der Waals surface area contributed by atoms with E-state index in [0.29, 0.717) is 5.59 Å². The molecule has 3 nitrogen and oxygen atoms in total. The lowest BCUT2D eigenvalue weighted by Crippen LogP contribution is -2.33. The van der Waals surface area contributed by atoms with E-state index in [1.807, 2.05) is 13.0 Å². The predicted octanol–water partition coefficient (Wildman–Crippen LogP) is -0.676. The zero-order chi connectivity index (χ0) is 8.27. The third kappa shape index (κ3) is 2.03. The summed E-state index contributed by atoms with van der Waals surface area (Å²) in [7, 11) is -1.46. The summed E-state index contributed by atoms with van der Waals surface area (Å²) in [6, 6.07) is 5.20. The molecule has 1 aromatic heterocycles. The fourth-order valence-electron chi connectivity index (χ4n) is 0.839. The molecular weight excluding hydrogens is 141 g/mol. The molecule has 0 aliphatic heterocycles. The lowest BCUT2D eigenvalue weighted by molar-refractivity contribution is 0.424. The van der Waals surface area contributed by atoms with Crippen LogP contribution in [-0.4, -0.2) is 22.2 Å². The van der Waals surface area contributed by atoms with Crippen molar-refractivity contribution in [3.8, 4) is 0 Å². The molecule has 1 rings (SSSR count). The fourth-order valence-corrected chi connectivity index (χ4v) is 0.839. The van der Waals surface area contributed by atoms with Crippen LogP contribution in [0.15, 0.2) is 18.2 Å². The molecule has 0 saturated heterocycles. The zero-order valence-electron chi connectivity index (χ0n) is 6.36. The molecule has 0 spiro atoms. The Morgan fingerprint density at radius 3 is 2.73 bits per heavy atom. The van der Waals surface area contributed by atoms with E-state index in [-0.39, 0.29) is 0 Å². The Morgan fingerprint density at radius 2 is 2.18 bits per heavy atom. The Bertz CT molecular complexity index is 240. The van der Waals surface area contributed by atoms with Crippen molar-refractivity contribution < 1.29 is 10.0 Å². The summed E-state index contributed by atoms with van der Waals surface area (Å²) in [6.45, 7) is 1.97. The maximum atomic E-state index is 8.74. The van der Waals surface area contributed by atoms with Gasteiger partial charge < -0.3 is 10.0 Å². The van der Waals surface area contributed by atoms with Gasteiger partial charge in [-0.2, -0.15) is 0 Å². The highest BCUT2D eigenvalue weighted by Crippen LogP contribution is 1.91. The van der Waals surface area contributed by atoms with Crippen molar-refractivity contribution in [3.05, 3.63) is 23.9 Å². The van der Waals surface area contributed by atoms with Crippen LogP contribution in [0.4, 0.5) is 0 Å². The Hall–Kier alpha value is -0.865. The molecule has 0 radical (unpaired) electrons. The minimum absolute atomic E-state index is 0.310. The normalized spacial score (nSPS) is 9.73. The van der Waals surface area contributed by atoms with E-state index in [4.69, 9.17) is 10.0 Å². The van der Waals surface area contributed by atoms with E-state index in [9.17, 15) is 0 Å². The van der Waals surface area contributed by atoms with E-state index in [0.717, 1.165) is 12.1 Å². The summed E-state index contributed by atoms with van der Waals surface area (Å²) < 4.78 is 0. The number of pyridine rings is 1. The molecule has 1 heterocycles. The molecule has 0 atom stereocenters. The van der Waals surface area contributed by atoms with Crippen LogP contribution in [0.2, 0.25) is 0 Å². The molecule has 0 aliphatic rings. The smallest absolute Gasteiger partial charge is 0.422 e. The Morgan fingerprint density at radius 1 is 1.45 bits per heavy atom. The fraction of sp³-hybridized carbons (Fsp3) is 0.286. The van der Waals surface area contributed by atoms with Crippen LogP contribution in [0.5, 0.6) is 0 Å². The van der Waals surface area contributed by atoms with Gasteiger partial charge in [-0.15, -0.1) is 0 Å². The Labute approximate surface area is 65.9 Å². The lowest BCUT2D eigenvalue weighted by atomic mass is 9.85. The average molecular weight is 151 g/mol. The van der Waals surface area contributed by atoms with Gasteiger partial charge in [-0.05, 0) is 18.6 Å². The second kappa shape index (κ2) is 3.50. The quantitative estimate of drug-likeness (QED) is 0.550. The summed E-state index contributed by atoms with van der Waals surface area (Å²) in [5, 5.41) is 17.5. The molecule has 2 N–H and O–H groups in total. The average Bonchev–Trinajstić information content (AvgIpc) is 2.05. The number of hydrogen-bond donors (Lipinski definition) is 2.